The van der Waals surface area contributed by atoms with E-state index in [2.05, 4.69) is 5.32 Å². The molecule has 1 aliphatic heterocycles. The quantitative estimate of drug-likeness (QED) is 0.539. The van der Waals surface area contributed by atoms with E-state index in [0.717, 1.165) is 26.2 Å². The summed E-state index contributed by atoms with van der Waals surface area (Å²) < 4.78 is 31.7. The zero-order valence-corrected chi connectivity index (χ0v) is 8.25. The summed E-state index contributed by atoms with van der Waals surface area (Å²) in [6.45, 7) is 3.22. The maximum absolute atomic E-state index is 10.6. The first-order valence-corrected chi connectivity index (χ1v) is 4.30. The van der Waals surface area contributed by atoms with Crippen LogP contribution in [0, 0.1) is 0 Å². The molecule has 0 spiro atoms. The second-order valence-corrected chi connectivity index (χ2v) is 2.88. The van der Waals surface area contributed by atoms with Gasteiger partial charge in [-0.15, -0.1) is 0 Å². The van der Waals surface area contributed by atoms with E-state index in [1.165, 1.54) is 0 Å². The Bertz CT molecular complexity index is 251. The van der Waals surface area contributed by atoms with Crippen LogP contribution in [0.3, 0.4) is 0 Å². The average Bonchev–Trinajstić information content (AvgIpc) is 2.18. The maximum Gasteiger partial charge on any atom is 0.490 e. The van der Waals surface area contributed by atoms with E-state index in [1.54, 1.807) is 4.90 Å². The molecule has 0 aliphatic carbocycles. The van der Waals surface area contributed by atoms with E-state index >= 15 is 0 Å². The fourth-order valence-electron chi connectivity index (χ4n) is 0.885. The third kappa shape index (κ3) is 6.06. The number of carbonyl (C=O) groups excluding carboxylic acids is 1. The van der Waals surface area contributed by atoms with E-state index in [0.29, 0.717) is 0 Å². The molecule has 2 amide bonds. The first-order chi connectivity index (χ1) is 7.25. The number of hydrogen-bond acceptors (Lipinski definition) is 3. The van der Waals surface area contributed by atoms with Crippen molar-refractivity contribution in [1.29, 1.82) is 0 Å². The van der Waals surface area contributed by atoms with Crippen LogP contribution in [0.4, 0.5) is 18.0 Å². The second-order valence-electron chi connectivity index (χ2n) is 2.88. The molecule has 4 N–H and O–H groups in total. The SMILES string of the molecule is NC(=O)N1CCNCC1.O=C(O)C(F)(F)F. The molecule has 16 heavy (non-hydrogen) atoms. The van der Waals surface area contributed by atoms with Gasteiger partial charge in [-0.1, -0.05) is 0 Å². The number of carboxylic acids is 1. The van der Waals surface area contributed by atoms with Gasteiger partial charge in [0, 0.05) is 26.2 Å². The van der Waals surface area contributed by atoms with Crippen LogP contribution < -0.4 is 11.1 Å². The Morgan fingerprint density at radius 1 is 1.25 bits per heavy atom. The van der Waals surface area contributed by atoms with Crippen LogP contribution in [0.25, 0.3) is 0 Å². The summed E-state index contributed by atoms with van der Waals surface area (Å²) in [4.78, 5) is 21.0. The molecule has 0 atom stereocenters. The van der Waals surface area contributed by atoms with Crippen molar-refractivity contribution in [1.82, 2.24) is 10.2 Å². The molecule has 0 bridgehead atoms. The van der Waals surface area contributed by atoms with Crippen LogP contribution in [0.2, 0.25) is 0 Å². The Balaban J connectivity index is 0.000000293. The van der Waals surface area contributed by atoms with Crippen molar-refractivity contribution in [3.8, 4) is 0 Å². The Labute approximate surface area is 89.2 Å². The predicted octanol–water partition coefficient (Wildman–Crippen LogP) is -0.396. The molecular formula is C7H12F3N3O3. The van der Waals surface area contributed by atoms with Gasteiger partial charge in [0.05, 0.1) is 0 Å². The molecule has 0 radical (unpaired) electrons. The Hall–Kier alpha value is -1.51. The predicted molar refractivity (Wildman–Crippen MR) is 47.7 cm³/mol. The number of nitrogens with zero attached hydrogens (tertiary/aromatic N) is 1. The zero-order valence-electron chi connectivity index (χ0n) is 8.25. The van der Waals surface area contributed by atoms with Crippen molar-refractivity contribution >= 4 is 12.0 Å². The van der Waals surface area contributed by atoms with Crippen molar-refractivity contribution in [3.05, 3.63) is 0 Å². The van der Waals surface area contributed by atoms with Gasteiger partial charge >= 0.3 is 18.2 Å². The first kappa shape index (κ1) is 14.5. The summed E-state index contributed by atoms with van der Waals surface area (Å²) >= 11 is 0. The largest absolute Gasteiger partial charge is 0.490 e. The number of carbonyl (C=O) groups is 2. The lowest BCUT2D eigenvalue weighted by Gasteiger charge is -2.25. The van der Waals surface area contributed by atoms with Gasteiger partial charge in [0.1, 0.15) is 0 Å². The molecule has 1 saturated heterocycles. The van der Waals surface area contributed by atoms with Gasteiger partial charge in [-0.3, -0.25) is 0 Å². The standard InChI is InChI=1S/C5H11N3O.C2HF3O2/c6-5(9)8-3-1-7-2-4-8;3-2(4,5)1(6)7/h7H,1-4H2,(H2,6,9);(H,6,7). The van der Waals surface area contributed by atoms with E-state index in [4.69, 9.17) is 15.6 Å². The summed E-state index contributed by atoms with van der Waals surface area (Å²) in [5.74, 6) is -2.76. The van der Waals surface area contributed by atoms with Crippen LogP contribution in [0.5, 0.6) is 0 Å². The molecule has 1 heterocycles. The molecule has 6 nitrogen and oxygen atoms in total. The van der Waals surface area contributed by atoms with Crippen LogP contribution >= 0.6 is 0 Å². The third-order valence-corrected chi connectivity index (χ3v) is 1.67. The van der Waals surface area contributed by atoms with E-state index in [1.807, 2.05) is 0 Å². The highest BCUT2D eigenvalue weighted by Gasteiger charge is 2.38. The fraction of sp³-hybridized carbons (Fsp3) is 0.714. The topological polar surface area (TPSA) is 95.7 Å². The Morgan fingerprint density at radius 3 is 1.81 bits per heavy atom. The van der Waals surface area contributed by atoms with Crippen molar-refractivity contribution in [3.63, 3.8) is 0 Å². The minimum absolute atomic E-state index is 0.309. The molecule has 1 rings (SSSR count). The summed E-state index contributed by atoms with van der Waals surface area (Å²) in [6.07, 6.45) is -5.08. The molecule has 0 aromatic rings. The maximum atomic E-state index is 10.6. The van der Waals surface area contributed by atoms with Gasteiger partial charge in [-0.05, 0) is 0 Å². The van der Waals surface area contributed by atoms with E-state index in [-0.39, 0.29) is 6.03 Å². The summed E-state index contributed by atoms with van der Waals surface area (Å²) in [6, 6.07) is -0.309. The van der Waals surface area contributed by atoms with Crippen molar-refractivity contribution in [2.45, 2.75) is 6.18 Å². The lowest BCUT2D eigenvalue weighted by atomic mass is 10.4. The molecule has 1 aliphatic rings. The smallest absolute Gasteiger partial charge is 0.475 e. The van der Waals surface area contributed by atoms with Gasteiger partial charge in [0.25, 0.3) is 0 Å². The molecule has 0 aromatic carbocycles. The number of urea groups is 1. The Kier molecular flexibility index (Phi) is 5.57. The van der Waals surface area contributed by atoms with Crippen molar-refractivity contribution in [2.75, 3.05) is 26.2 Å². The summed E-state index contributed by atoms with van der Waals surface area (Å²) in [5, 5.41) is 10.2. The lowest BCUT2D eigenvalue weighted by molar-refractivity contribution is -0.192. The number of primary amides is 1. The van der Waals surface area contributed by atoms with Crippen LogP contribution in [0.1, 0.15) is 0 Å². The molecule has 9 heteroatoms. The minimum atomic E-state index is -5.08. The van der Waals surface area contributed by atoms with Gasteiger partial charge < -0.3 is 21.1 Å². The van der Waals surface area contributed by atoms with Gasteiger partial charge in [0.2, 0.25) is 0 Å². The van der Waals surface area contributed by atoms with Gasteiger partial charge in [-0.2, -0.15) is 13.2 Å². The normalized spacial score (nSPS) is 16.1. The number of rotatable bonds is 0. The lowest BCUT2D eigenvalue weighted by Crippen LogP contribution is -2.48. The van der Waals surface area contributed by atoms with Crippen LogP contribution in [0.15, 0.2) is 0 Å². The average molecular weight is 243 g/mol. The number of aliphatic carboxylic acids is 1. The summed E-state index contributed by atoms with van der Waals surface area (Å²) in [7, 11) is 0. The third-order valence-electron chi connectivity index (χ3n) is 1.67. The number of nitrogens with two attached hydrogens (primary N) is 1. The first-order valence-electron chi connectivity index (χ1n) is 4.30. The highest BCUT2D eigenvalue weighted by Crippen LogP contribution is 2.13. The fourth-order valence-corrected chi connectivity index (χ4v) is 0.885. The number of hydrogen-bond donors (Lipinski definition) is 3. The number of carboxylic acid groups (broad SMARTS) is 1. The number of nitrogens with one attached hydrogen (secondary N) is 1. The monoisotopic (exact) mass is 243 g/mol. The minimum Gasteiger partial charge on any atom is -0.475 e. The van der Waals surface area contributed by atoms with Gasteiger partial charge in [0.15, 0.2) is 0 Å². The van der Waals surface area contributed by atoms with Crippen LogP contribution in [-0.2, 0) is 4.79 Å². The highest BCUT2D eigenvalue weighted by atomic mass is 19.4. The molecule has 94 valence electrons. The van der Waals surface area contributed by atoms with Crippen molar-refractivity contribution in [2.24, 2.45) is 5.73 Å². The Morgan fingerprint density at radius 2 is 1.62 bits per heavy atom. The van der Waals surface area contributed by atoms with E-state index < -0.39 is 12.1 Å². The molecule has 0 unspecified atom stereocenters. The zero-order chi connectivity index (χ0) is 12.8. The second kappa shape index (κ2) is 6.16. The molecule has 0 aromatic heterocycles. The highest BCUT2D eigenvalue weighted by molar-refractivity contribution is 5.73. The number of alkyl halides is 3. The van der Waals surface area contributed by atoms with Crippen molar-refractivity contribution < 1.29 is 27.9 Å². The summed E-state index contributed by atoms with van der Waals surface area (Å²) in [5.41, 5.74) is 5.03. The molecule has 1 fully saturated rings. The number of amides is 2. The molecule has 0 saturated carbocycles. The van der Waals surface area contributed by atoms with Crippen LogP contribution in [-0.4, -0.2) is 54.4 Å². The number of piperazine rings is 1. The molecular weight excluding hydrogens is 231 g/mol. The van der Waals surface area contributed by atoms with Gasteiger partial charge in [-0.25, -0.2) is 9.59 Å². The van der Waals surface area contributed by atoms with E-state index in [9.17, 15) is 18.0 Å². The number of halogens is 3.